The summed E-state index contributed by atoms with van der Waals surface area (Å²) in [5.41, 5.74) is 0.922. The molecule has 0 unspecified atom stereocenters. The van der Waals surface area contributed by atoms with E-state index in [9.17, 15) is 9.18 Å². The monoisotopic (exact) mass is 228 g/mol. The predicted molar refractivity (Wildman–Crippen MR) is 61.4 cm³/mol. The number of hydrogen-bond acceptors (Lipinski definition) is 2. The molecule has 0 spiro atoms. The van der Waals surface area contributed by atoms with Gasteiger partial charge in [0.05, 0.1) is 0 Å². The highest BCUT2D eigenvalue weighted by Gasteiger charge is 2.07. The number of nitrogens with zero attached hydrogens (tertiary/aromatic N) is 2. The van der Waals surface area contributed by atoms with Crippen molar-refractivity contribution >= 4 is 0 Å². The molecule has 17 heavy (non-hydrogen) atoms. The van der Waals surface area contributed by atoms with Crippen LogP contribution in [0, 0.1) is 24.1 Å². The lowest BCUT2D eigenvalue weighted by Crippen LogP contribution is -2.22. The van der Waals surface area contributed by atoms with Crippen molar-refractivity contribution in [3.05, 3.63) is 63.8 Å². The van der Waals surface area contributed by atoms with Crippen molar-refractivity contribution in [1.29, 1.82) is 5.26 Å². The van der Waals surface area contributed by atoms with Gasteiger partial charge < -0.3 is 0 Å². The van der Waals surface area contributed by atoms with Crippen molar-refractivity contribution in [3.63, 3.8) is 0 Å². The molecule has 0 fully saturated rings. The average Bonchev–Trinajstić information content (AvgIpc) is 2.32. The largest absolute Gasteiger partial charge is 0.280 e. The fraction of sp³-hybridized carbons (Fsp3) is 0.0769. The molecule has 0 aliphatic heterocycles. The molecule has 0 aliphatic carbocycles. The third-order valence-electron chi connectivity index (χ3n) is 2.48. The summed E-state index contributed by atoms with van der Waals surface area (Å²) < 4.78 is 14.2. The normalized spacial score (nSPS) is 9.94. The Morgan fingerprint density at radius 1 is 1.18 bits per heavy atom. The number of aryl methyl sites for hydroxylation is 1. The standard InChI is InChI=1S/C13H9FN2O/c1-9-2-3-10(8-15)13(17)16(9)12-6-4-11(14)5-7-12/h2-7H,1H3. The molecule has 0 bridgehead atoms. The molecular formula is C13H9FN2O. The van der Waals surface area contributed by atoms with E-state index in [1.165, 1.54) is 34.9 Å². The number of pyridine rings is 1. The van der Waals surface area contributed by atoms with Crippen molar-refractivity contribution in [2.75, 3.05) is 0 Å². The summed E-state index contributed by atoms with van der Waals surface area (Å²) in [6, 6.07) is 10.6. The van der Waals surface area contributed by atoms with Gasteiger partial charge in [0.2, 0.25) is 0 Å². The Bertz CT molecular complexity index is 651. The molecular weight excluding hydrogens is 219 g/mol. The summed E-state index contributed by atoms with van der Waals surface area (Å²) in [7, 11) is 0. The zero-order chi connectivity index (χ0) is 12.4. The summed E-state index contributed by atoms with van der Waals surface area (Å²) in [6.45, 7) is 1.76. The second-order valence-corrected chi connectivity index (χ2v) is 3.62. The van der Waals surface area contributed by atoms with Gasteiger partial charge in [-0.05, 0) is 43.3 Å². The van der Waals surface area contributed by atoms with Crippen LogP contribution in [0.4, 0.5) is 4.39 Å². The number of hydrogen-bond donors (Lipinski definition) is 0. The lowest BCUT2D eigenvalue weighted by atomic mass is 10.2. The molecule has 0 atom stereocenters. The van der Waals surface area contributed by atoms with E-state index in [0.29, 0.717) is 11.4 Å². The predicted octanol–water partition coefficient (Wildman–Crippen LogP) is 2.16. The van der Waals surface area contributed by atoms with Crippen molar-refractivity contribution in [2.45, 2.75) is 6.92 Å². The first-order chi connectivity index (χ1) is 8.13. The average molecular weight is 228 g/mol. The Labute approximate surface area is 97.4 Å². The van der Waals surface area contributed by atoms with Crippen LogP contribution in [-0.4, -0.2) is 4.57 Å². The molecule has 1 aromatic carbocycles. The highest BCUT2D eigenvalue weighted by molar-refractivity contribution is 5.38. The first-order valence-corrected chi connectivity index (χ1v) is 5.02. The van der Waals surface area contributed by atoms with Gasteiger partial charge in [0.15, 0.2) is 0 Å². The fourth-order valence-corrected chi connectivity index (χ4v) is 1.63. The fourth-order valence-electron chi connectivity index (χ4n) is 1.63. The molecule has 0 amide bonds. The van der Waals surface area contributed by atoms with E-state index >= 15 is 0 Å². The first kappa shape index (κ1) is 11.1. The molecule has 1 aromatic heterocycles. The van der Waals surface area contributed by atoms with Gasteiger partial charge >= 0.3 is 0 Å². The van der Waals surface area contributed by atoms with Gasteiger partial charge in [-0.3, -0.25) is 9.36 Å². The zero-order valence-corrected chi connectivity index (χ0v) is 9.14. The highest BCUT2D eigenvalue weighted by Crippen LogP contribution is 2.10. The van der Waals surface area contributed by atoms with Gasteiger partial charge in [0, 0.05) is 11.4 Å². The van der Waals surface area contributed by atoms with Gasteiger partial charge in [0.25, 0.3) is 5.56 Å². The number of nitriles is 1. The molecule has 1 heterocycles. The summed E-state index contributed by atoms with van der Waals surface area (Å²) in [4.78, 5) is 12.0. The lowest BCUT2D eigenvalue weighted by molar-refractivity contribution is 0.627. The minimum absolute atomic E-state index is 0.0694. The van der Waals surface area contributed by atoms with E-state index in [0.717, 1.165) is 0 Å². The molecule has 0 saturated heterocycles. The Kier molecular flexibility index (Phi) is 2.75. The van der Waals surface area contributed by atoms with Crippen molar-refractivity contribution in [1.82, 2.24) is 4.57 Å². The van der Waals surface area contributed by atoms with Crippen LogP contribution < -0.4 is 5.56 Å². The Hall–Kier alpha value is -2.41. The third-order valence-corrected chi connectivity index (χ3v) is 2.48. The van der Waals surface area contributed by atoms with Crippen LogP contribution >= 0.6 is 0 Å². The van der Waals surface area contributed by atoms with E-state index in [1.807, 2.05) is 6.07 Å². The second kappa shape index (κ2) is 4.22. The molecule has 0 aliphatic rings. The topological polar surface area (TPSA) is 45.8 Å². The van der Waals surface area contributed by atoms with Crippen LogP contribution in [0.5, 0.6) is 0 Å². The van der Waals surface area contributed by atoms with Crippen LogP contribution in [0.3, 0.4) is 0 Å². The zero-order valence-electron chi connectivity index (χ0n) is 9.14. The number of aromatic nitrogens is 1. The summed E-state index contributed by atoms with van der Waals surface area (Å²) in [6.07, 6.45) is 0. The molecule has 0 radical (unpaired) electrons. The first-order valence-electron chi connectivity index (χ1n) is 5.02. The number of halogens is 1. The van der Waals surface area contributed by atoms with E-state index < -0.39 is 0 Å². The van der Waals surface area contributed by atoms with E-state index in [1.54, 1.807) is 13.0 Å². The molecule has 3 nitrogen and oxygen atoms in total. The summed E-state index contributed by atoms with van der Waals surface area (Å²) in [5.74, 6) is -0.365. The molecule has 0 saturated carbocycles. The number of rotatable bonds is 1. The minimum Gasteiger partial charge on any atom is -0.280 e. The third kappa shape index (κ3) is 1.95. The summed E-state index contributed by atoms with van der Waals surface area (Å²) in [5, 5.41) is 8.80. The van der Waals surface area contributed by atoms with Crippen molar-refractivity contribution in [2.24, 2.45) is 0 Å². The van der Waals surface area contributed by atoms with Crippen LogP contribution in [0.25, 0.3) is 5.69 Å². The summed E-state index contributed by atoms with van der Waals surface area (Å²) >= 11 is 0. The van der Waals surface area contributed by atoms with Gasteiger partial charge in [-0.15, -0.1) is 0 Å². The van der Waals surface area contributed by atoms with Crippen molar-refractivity contribution < 1.29 is 4.39 Å². The Balaban J connectivity index is 2.71. The maximum atomic E-state index is 12.8. The maximum Gasteiger partial charge on any atom is 0.273 e. The smallest absolute Gasteiger partial charge is 0.273 e. The minimum atomic E-state index is -0.390. The molecule has 0 N–H and O–H groups in total. The lowest BCUT2D eigenvalue weighted by Gasteiger charge is -2.09. The van der Waals surface area contributed by atoms with Crippen LogP contribution in [0.2, 0.25) is 0 Å². The second-order valence-electron chi connectivity index (χ2n) is 3.62. The molecule has 4 heteroatoms. The van der Waals surface area contributed by atoms with Crippen LogP contribution in [0.1, 0.15) is 11.3 Å². The van der Waals surface area contributed by atoms with Crippen molar-refractivity contribution in [3.8, 4) is 11.8 Å². The molecule has 2 aromatic rings. The van der Waals surface area contributed by atoms with Gasteiger partial charge in [-0.1, -0.05) is 0 Å². The highest BCUT2D eigenvalue weighted by atomic mass is 19.1. The van der Waals surface area contributed by atoms with Gasteiger partial charge in [-0.2, -0.15) is 5.26 Å². The SMILES string of the molecule is Cc1ccc(C#N)c(=O)n1-c1ccc(F)cc1. The van der Waals surface area contributed by atoms with E-state index in [-0.39, 0.29) is 16.9 Å². The maximum absolute atomic E-state index is 12.8. The van der Waals surface area contributed by atoms with E-state index in [2.05, 4.69) is 0 Å². The van der Waals surface area contributed by atoms with Crippen LogP contribution in [-0.2, 0) is 0 Å². The quantitative estimate of drug-likeness (QED) is 0.750. The van der Waals surface area contributed by atoms with Gasteiger partial charge in [0.1, 0.15) is 17.4 Å². The van der Waals surface area contributed by atoms with Gasteiger partial charge in [-0.25, -0.2) is 4.39 Å². The molecule has 2 rings (SSSR count). The Morgan fingerprint density at radius 2 is 1.82 bits per heavy atom. The number of benzene rings is 1. The van der Waals surface area contributed by atoms with Crippen LogP contribution in [0.15, 0.2) is 41.2 Å². The molecule has 84 valence electrons. The van der Waals surface area contributed by atoms with E-state index in [4.69, 9.17) is 5.26 Å². The Morgan fingerprint density at radius 3 is 2.41 bits per heavy atom.